The fourth-order valence-corrected chi connectivity index (χ4v) is 2.83. The van der Waals surface area contributed by atoms with Gasteiger partial charge in [-0.2, -0.15) is 0 Å². The third-order valence-corrected chi connectivity index (χ3v) is 3.99. The van der Waals surface area contributed by atoms with E-state index in [4.69, 9.17) is 9.52 Å². The summed E-state index contributed by atoms with van der Waals surface area (Å²) in [6.07, 6.45) is 0. The van der Waals surface area contributed by atoms with Crippen LogP contribution in [0, 0.1) is 13.8 Å². The molecule has 0 radical (unpaired) electrons. The molecule has 5 heteroatoms. The summed E-state index contributed by atoms with van der Waals surface area (Å²) in [5, 5.41) is 9.71. The van der Waals surface area contributed by atoms with E-state index in [1.165, 1.54) is 11.8 Å². The lowest BCUT2D eigenvalue weighted by molar-refractivity contribution is 0.281. The number of benzene rings is 1. The Morgan fingerprint density at radius 3 is 2.71 bits per heavy atom. The first kappa shape index (κ1) is 12.7. The lowest BCUT2D eigenvalue weighted by Gasteiger charge is -2.02. The highest BCUT2D eigenvalue weighted by Gasteiger charge is 2.08. The Kier molecular flexibility index (Phi) is 3.91. The molecule has 3 nitrogen and oxygen atoms in total. The molecule has 1 aromatic heterocycles. The molecular weight excluding hydrogens is 302 g/mol. The number of hydrogen-bond donors (Lipinski definition) is 1. The first-order valence-electron chi connectivity index (χ1n) is 5.11. The lowest BCUT2D eigenvalue weighted by Crippen LogP contribution is -1.85. The summed E-state index contributed by atoms with van der Waals surface area (Å²) in [5.74, 6) is 0.846. The molecule has 2 rings (SSSR count). The van der Waals surface area contributed by atoms with E-state index >= 15 is 0 Å². The second kappa shape index (κ2) is 5.25. The van der Waals surface area contributed by atoms with Crippen LogP contribution in [0.15, 0.2) is 37.2 Å². The number of rotatable bonds is 3. The molecule has 0 aliphatic carbocycles. The fourth-order valence-electron chi connectivity index (χ4n) is 1.31. The predicted molar refractivity (Wildman–Crippen MR) is 70.2 cm³/mol. The third-order valence-electron chi connectivity index (χ3n) is 2.41. The minimum absolute atomic E-state index is 0.0305. The summed E-state index contributed by atoms with van der Waals surface area (Å²) in [4.78, 5) is 5.33. The van der Waals surface area contributed by atoms with E-state index in [1.54, 1.807) is 0 Å². The molecule has 2 aromatic rings. The number of aromatic nitrogens is 1. The maximum absolute atomic E-state index is 9.07. The zero-order valence-electron chi connectivity index (χ0n) is 9.53. The Labute approximate surface area is 112 Å². The van der Waals surface area contributed by atoms with Gasteiger partial charge >= 0.3 is 0 Å². The van der Waals surface area contributed by atoms with Crippen LogP contribution in [-0.4, -0.2) is 10.1 Å². The van der Waals surface area contributed by atoms with Gasteiger partial charge < -0.3 is 9.52 Å². The monoisotopic (exact) mass is 313 g/mol. The summed E-state index contributed by atoms with van der Waals surface area (Å²) in [5.41, 5.74) is 1.78. The topological polar surface area (TPSA) is 46.3 Å². The average Bonchev–Trinajstić information content (AvgIpc) is 2.58. The number of oxazole rings is 1. The van der Waals surface area contributed by atoms with E-state index in [2.05, 4.69) is 20.9 Å². The van der Waals surface area contributed by atoms with Crippen LogP contribution in [0.25, 0.3) is 0 Å². The predicted octanol–water partition coefficient (Wildman–Crippen LogP) is 3.70. The van der Waals surface area contributed by atoms with Gasteiger partial charge in [-0.05, 0) is 43.3 Å². The number of nitrogens with zero attached hydrogens (tertiary/aromatic N) is 1. The van der Waals surface area contributed by atoms with Gasteiger partial charge in [-0.15, -0.1) is 0 Å². The molecule has 1 heterocycles. The highest BCUT2D eigenvalue weighted by Crippen LogP contribution is 2.31. The number of halogens is 1. The van der Waals surface area contributed by atoms with Gasteiger partial charge in [0.25, 0.3) is 5.22 Å². The van der Waals surface area contributed by atoms with E-state index in [0.717, 1.165) is 26.4 Å². The second-order valence-corrected chi connectivity index (χ2v) is 5.51. The van der Waals surface area contributed by atoms with Crippen molar-refractivity contribution in [2.45, 2.75) is 30.6 Å². The van der Waals surface area contributed by atoms with Crippen molar-refractivity contribution in [1.29, 1.82) is 0 Å². The number of aryl methyl sites for hydroxylation is 2. The van der Waals surface area contributed by atoms with Crippen molar-refractivity contribution in [2.24, 2.45) is 0 Å². The normalized spacial score (nSPS) is 10.8. The van der Waals surface area contributed by atoms with Gasteiger partial charge in [0.1, 0.15) is 5.76 Å². The SMILES string of the molecule is Cc1nc(Sc2ccc(CO)c(Br)c2)oc1C. The van der Waals surface area contributed by atoms with Crippen LogP contribution >= 0.6 is 27.7 Å². The number of hydrogen-bond acceptors (Lipinski definition) is 4. The molecule has 0 fully saturated rings. The molecule has 0 unspecified atom stereocenters. The third kappa shape index (κ3) is 2.91. The van der Waals surface area contributed by atoms with Crippen molar-refractivity contribution in [3.05, 3.63) is 39.7 Å². The molecule has 0 amide bonds. The molecule has 17 heavy (non-hydrogen) atoms. The van der Waals surface area contributed by atoms with Crippen molar-refractivity contribution < 1.29 is 9.52 Å². The van der Waals surface area contributed by atoms with Crippen molar-refractivity contribution in [1.82, 2.24) is 4.98 Å². The fraction of sp³-hybridized carbons (Fsp3) is 0.250. The van der Waals surface area contributed by atoms with Crippen LogP contribution in [0.5, 0.6) is 0 Å². The highest BCUT2D eigenvalue weighted by atomic mass is 79.9. The van der Waals surface area contributed by atoms with E-state index < -0.39 is 0 Å². The minimum Gasteiger partial charge on any atom is -0.436 e. The molecule has 0 spiro atoms. The van der Waals surface area contributed by atoms with Crippen LogP contribution in [0.2, 0.25) is 0 Å². The molecule has 90 valence electrons. The van der Waals surface area contributed by atoms with Gasteiger partial charge in [-0.25, -0.2) is 4.98 Å². The Bertz CT molecular complexity index is 520. The minimum atomic E-state index is 0.0305. The van der Waals surface area contributed by atoms with Crippen LogP contribution in [0.3, 0.4) is 0 Å². The van der Waals surface area contributed by atoms with Gasteiger partial charge in [-0.3, -0.25) is 0 Å². The summed E-state index contributed by atoms with van der Waals surface area (Å²) < 4.78 is 6.40. The quantitative estimate of drug-likeness (QED) is 0.938. The highest BCUT2D eigenvalue weighted by molar-refractivity contribution is 9.10. The number of aliphatic hydroxyl groups is 1. The summed E-state index contributed by atoms with van der Waals surface area (Å²) in [6, 6.07) is 5.77. The molecule has 0 atom stereocenters. The molecule has 0 saturated carbocycles. The Balaban J connectivity index is 2.21. The summed E-state index contributed by atoms with van der Waals surface area (Å²) >= 11 is 4.88. The summed E-state index contributed by atoms with van der Waals surface area (Å²) in [6.45, 7) is 3.85. The van der Waals surface area contributed by atoms with Gasteiger partial charge in [-0.1, -0.05) is 22.0 Å². The van der Waals surface area contributed by atoms with Crippen LogP contribution in [0.4, 0.5) is 0 Å². The van der Waals surface area contributed by atoms with Crippen LogP contribution in [0.1, 0.15) is 17.0 Å². The van der Waals surface area contributed by atoms with Gasteiger partial charge in [0, 0.05) is 9.37 Å². The lowest BCUT2D eigenvalue weighted by atomic mass is 10.2. The van der Waals surface area contributed by atoms with Gasteiger partial charge in [0.2, 0.25) is 0 Å². The molecule has 1 N–H and O–H groups in total. The van der Waals surface area contributed by atoms with Gasteiger partial charge in [0.05, 0.1) is 12.3 Å². The van der Waals surface area contributed by atoms with Crippen molar-refractivity contribution in [3.8, 4) is 0 Å². The summed E-state index contributed by atoms with van der Waals surface area (Å²) in [7, 11) is 0. The Morgan fingerprint density at radius 2 is 2.18 bits per heavy atom. The van der Waals surface area contributed by atoms with Crippen molar-refractivity contribution in [3.63, 3.8) is 0 Å². The first-order valence-corrected chi connectivity index (χ1v) is 6.72. The largest absolute Gasteiger partial charge is 0.436 e. The maximum Gasteiger partial charge on any atom is 0.260 e. The first-order chi connectivity index (χ1) is 8.10. The van der Waals surface area contributed by atoms with Crippen molar-refractivity contribution in [2.75, 3.05) is 0 Å². The maximum atomic E-state index is 9.07. The van der Waals surface area contributed by atoms with E-state index in [0.29, 0.717) is 5.22 Å². The molecule has 0 aliphatic rings. The Morgan fingerprint density at radius 1 is 1.41 bits per heavy atom. The molecule has 0 bridgehead atoms. The van der Waals surface area contributed by atoms with E-state index in [1.807, 2.05) is 32.0 Å². The standard InChI is InChI=1S/C12H12BrNO2S/c1-7-8(2)16-12(14-7)17-10-4-3-9(6-15)11(13)5-10/h3-5,15H,6H2,1-2H3. The van der Waals surface area contributed by atoms with Crippen LogP contribution < -0.4 is 0 Å². The Hall–Kier alpha value is -0.780. The van der Waals surface area contributed by atoms with Crippen molar-refractivity contribution >= 4 is 27.7 Å². The molecular formula is C12H12BrNO2S. The van der Waals surface area contributed by atoms with E-state index in [9.17, 15) is 0 Å². The molecule has 0 aliphatic heterocycles. The zero-order chi connectivity index (χ0) is 12.4. The molecule has 1 aromatic carbocycles. The number of aliphatic hydroxyl groups excluding tert-OH is 1. The second-order valence-electron chi connectivity index (χ2n) is 3.63. The van der Waals surface area contributed by atoms with E-state index in [-0.39, 0.29) is 6.61 Å². The molecule has 0 saturated heterocycles. The van der Waals surface area contributed by atoms with Gasteiger partial charge in [0.15, 0.2) is 0 Å². The smallest absolute Gasteiger partial charge is 0.260 e. The average molecular weight is 314 g/mol. The van der Waals surface area contributed by atoms with Crippen LogP contribution in [-0.2, 0) is 6.61 Å². The zero-order valence-corrected chi connectivity index (χ0v) is 11.9.